The number of carbonyl (C=O) groups is 3. The molecule has 1 saturated carbocycles. The highest BCUT2D eigenvalue weighted by Gasteiger charge is 2.62. The lowest BCUT2D eigenvalue weighted by Gasteiger charge is -2.38. The van der Waals surface area contributed by atoms with E-state index in [2.05, 4.69) is 45.3 Å². The number of hydrogen-bond donors (Lipinski definition) is 1. The van der Waals surface area contributed by atoms with E-state index in [9.17, 15) is 14.4 Å². The van der Waals surface area contributed by atoms with Gasteiger partial charge in [-0.15, -0.1) is 0 Å². The van der Waals surface area contributed by atoms with Crippen LogP contribution in [0, 0.1) is 5.92 Å². The monoisotopic (exact) mass is 493 g/mol. The van der Waals surface area contributed by atoms with Crippen molar-refractivity contribution in [3.8, 4) is 0 Å². The molecule has 3 rings (SSSR count). The molecular weight excluding hydrogens is 450 g/mol. The second-order valence-corrected chi connectivity index (χ2v) is 16.3. The molecule has 1 N–H and O–H groups in total. The summed E-state index contributed by atoms with van der Waals surface area (Å²) in [6.07, 6.45) is 7.62. The number of allylic oxidation sites excluding steroid dienone is 1. The minimum absolute atomic E-state index is 0.0236. The molecule has 2 aliphatic heterocycles. The van der Waals surface area contributed by atoms with Crippen LogP contribution in [-0.2, 0) is 18.8 Å². The molecule has 2 fully saturated rings. The molecule has 0 aromatic rings. The summed E-state index contributed by atoms with van der Waals surface area (Å²) in [5, 5.41) is 3.00. The first-order valence-corrected chi connectivity index (χ1v) is 15.6. The molecule has 4 atom stereocenters. The van der Waals surface area contributed by atoms with Crippen molar-refractivity contribution in [2.24, 2.45) is 5.92 Å². The molecule has 0 aromatic heterocycles. The molecule has 9 heteroatoms. The lowest BCUT2D eigenvalue weighted by Crippen LogP contribution is -2.55. The van der Waals surface area contributed by atoms with Gasteiger partial charge in [-0.1, -0.05) is 32.9 Å². The van der Waals surface area contributed by atoms with Crippen molar-refractivity contribution in [2.45, 2.75) is 95.6 Å². The first kappa shape index (κ1) is 26.7. The molecule has 1 saturated heterocycles. The number of likely N-dealkylation sites (N-methyl/N-ethyl adjacent to an activating group) is 1. The Morgan fingerprint density at radius 3 is 2.62 bits per heavy atom. The molecule has 2 heterocycles. The number of rotatable bonds is 4. The number of urea groups is 1. The van der Waals surface area contributed by atoms with Gasteiger partial charge in [0.15, 0.2) is 8.32 Å². The second-order valence-electron chi connectivity index (χ2n) is 11.5. The highest BCUT2D eigenvalue weighted by Crippen LogP contribution is 2.46. The average molecular weight is 494 g/mol. The maximum atomic E-state index is 13.5. The topological polar surface area (TPSA) is 88.2 Å². The van der Waals surface area contributed by atoms with Crippen LogP contribution in [0.5, 0.6) is 0 Å². The number of carbonyl (C=O) groups excluding carboxylic acids is 3. The van der Waals surface area contributed by atoms with Gasteiger partial charge in [0.1, 0.15) is 11.6 Å². The van der Waals surface area contributed by atoms with Crippen LogP contribution in [0.2, 0.25) is 18.1 Å². The molecule has 3 amide bonds. The fraction of sp³-hybridized carbons (Fsp3) is 0.800. The van der Waals surface area contributed by atoms with E-state index in [4.69, 9.17) is 9.16 Å². The van der Waals surface area contributed by atoms with Crippen molar-refractivity contribution < 1.29 is 23.5 Å². The molecule has 3 aliphatic rings. The summed E-state index contributed by atoms with van der Waals surface area (Å²) in [5.74, 6) is -0.558. The lowest BCUT2D eigenvalue weighted by atomic mass is 10.1. The maximum Gasteiger partial charge on any atom is 0.332 e. The van der Waals surface area contributed by atoms with Crippen molar-refractivity contribution in [2.75, 3.05) is 26.7 Å². The number of amides is 3. The van der Waals surface area contributed by atoms with Gasteiger partial charge in [-0.05, 0) is 50.7 Å². The number of nitrogens with one attached hydrogen (secondary N) is 1. The zero-order chi connectivity index (χ0) is 25.3. The van der Waals surface area contributed by atoms with Crippen molar-refractivity contribution in [3.05, 3.63) is 12.2 Å². The van der Waals surface area contributed by atoms with Crippen LogP contribution in [0.25, 0.3) is 0 Å². The second kappa shape index (κ2) is 10.0. The fourth-order valence-corrected chi connectivity index (χ4v) is 6.00. The Bertz CT molecular complexity index is 824. The molecule has 8 nitrogen and oxygen atoms in total. The quantitative estimate of drug-likeness (QED) is 0.367. The summed E-state index contributed by atoms with van der Waals surface area (Å²) >= 11 is 0. The summed E-state index contributed by atoms with van der Waals surface area (Å²) in [6, 6.07) is -0.996. The van der Waals surface area contributed by atoms with Gasteiger partial charge in [0.2, 0.25) is 5.91 Å². The molecule has 0 unspecified atom stereocenters. The van der Waals surface area contributed by atoms with Gasteiger partial charge in [0, 0.05) is 32.5 Å². The third-order valence-electron chi connectivity index (χ3n) is 7.92. The highest BCUT2D eigenvalue weighted by atomic mass is 28.4. The number of fused-ring (bicyclic) bond motifs is 2. The maximum absolute atomic E-state index is 13.5. The Labute approximate surface area is 205 Å². The summed E-state index contributed by atoms with van der Waals surface area (Å²) in [7, 11) is -0.280. The summed E-state index contributed by atoms with van der Waals surface area (Å²) < 4.78 is 11.9. The van der Waals surface area contributed by atoms with Crippen LogP contribution < -0.4 is 5.32 Å². The standard InChI is InChI=1S/C25H43N3O5Si/c1-8-32-22(30)25-16-18(25)13-11-9-10-12-14-27(5)21(29)20-15-19(17-28(20)23(31)26-25)33-34(6,7)24(2,3)4/h11,13,18-20H,8-10,12,14-17H2,1-7H3,(H,26,31)/b13-11-/t18-,19+,20+,25-/m1/s1. The van der Waals surface area contributed by atoms with E-state index in [1.54, 1.807) is 23.8 Å². The van der Waals surface area contributed by atoms with Gasteiger partial charge in [0.05, 0.1) is 12.7 Å². The van der Waals surface area contributed by atoms with Crippen molar-refractivity contribution in [1.29, 1.82) is 0 Å². The first-order valence-electron chi connectivity index (χ1n) is 12.7. The predicted octanol–water partition coefficient (Wildman–Crippen LogP) is 3.68. The third-order valence-corrected chi connectivity index (χ3v) is 12.5. The van der Waals surface area contributed by atoms with Gasteiger partial charge < -0.3 is 24.3 Å². The molecule has 34 heavy (non-hydrogen) atoms. The molecule has 0 spiro atoms. The van der Waals surface area contributed by atoms with Crippen molar-refractivity contribution >= 4 is 26.2 Å². The molecular formula is C25H43N3O5Si. The number of nitrogens with zero attached hydrogens (tertiary/aromatic N) is 2. The molecule has 0 aromatic carbocycles. The first-order chi connectivity index (χ1) is 15.8. The van der Waals surface area contributed by atoms with Crippen molar-refractivity contribution in [3.63, 3.8) is 0 Å². The van der Waals surface area contributed by atoms with E-state index in [1.807, 2.05) is 6.08 Å². The average Bonchev–Trinajstić information content (AvgIpc) is 3.27. The van der Waals surface area contributed by atoms with Crippen LogP contribution in [0.3, 0.4) is 0 Å². The minimum Gasteiger partial charge on any atom is -0.464 e. The zero-order valence-corrected chi connectivity index (χ0v) is 23.0. The van der Waals surface area contributed by atoms with Crippen LogP contribution in [0.1, 0.15) is 59.8 Å². The minimum atomic E-state index is -2.08. The van der Waals surface area contributed by atoms with E-state index in [1.165, 1.54) is 0 Å². The van der Waals surface area contributed by atoms with E-state index in [0.717, 1.165) is 19.3 Å². The van der Waals surface area contributed by atoms with Gasteiger partial charge >= 0.3 is 12.0 Å². The smallest absolute Gasteiger partial charge is 0.332 e. The van der Waals surface area contributed by atoms with E-state index >= 15 is 0 Å². The van der Waals surface area contributed by atoms with E-state index < -0.39 is 31.9 Å². The Morgan fingerprint density at radius 2 is 1.97 bits per heavy atom. The SMILES string of the molecule is CCOC(=O)[C@@]12C[C@H]1/C=C\CCCCN(C)C(=O)[C@@H]1C[C@H](O[Si](C)(C)C(C)(C)C)CN1C(=O)N2. The van der Waals surface area contributed by atoms with Gasteiger partial charge in [-0.2, -0.15) is 0 Å². The Balaban J connectivity index is 1.87. The Morgan fingerprint density at radius 1 is 1.26 bits per heavy atom. The molecule has 1 aliphatic carbocycles. The molecule has 0 radical (unpaired) electrons. The van der Waals surface area contributed by atoms with Crippen LogP contribution in [0.15, 0.2) is 12.2 Å². The van der Waals surface area contributed by atoms with Crippen LogP contribution >= 0.6 is 0 Å². The number of esters is 1. The molecule has 0 bridgehead atoms. The number of hydrogen-bond acceptors (Lipinski definition) is 5. The van der Waals surface area contributed by atoms with Crippen molar-refractivity contribution in [1.82, 2.24) is 15.1 Å². The number of ether oxygens (including phenoxy) is 1. The summed E-state index contributed by atoms with van der Waals surface area (Å²) in [4.78, 5) is 43.1. The third kappa shape index (κ3) is 5.51. The normalized spacial score (nSPS) is 31.8. The van der Waals surface area contributed by atoms with Gasteiger partial charge in [0.25, 0.3) is 0 Å². The Hall–Kier alpha value is -1.87. The van der Waals surface area contributed by atoms with Gasteiger partial charge in [-0.25, -0.2) is 9.59 Å². The predicted molar refractivity (Wildman–Crippen MR) is 134 cm³/mol. The fourth-order valence-electron chi connectivity index (χ4n) is 4.64. The largest absolute Gasteiger partial charge is 0.464 e. The Kier molecular flexibility index (Phi) is 7.87. The van der Waals surface area contributed by atoms with Crippen LogP contribution in [-0.4, -0.2) is 80.5 Å². The summed E-state index contributed by atoms with van der Waals surface area (Å²) in [5.41, 5.74) is -1.05. The van der Waals surface area contributed by atoms with E-state index in [-0.39, 0.29) is 29.6 Å². The molecule has 192 valence electrons. The summed E-state index contributed by atoms with van der Waals surface area (Å²) in [6.45, 7) is 13.9. The van der Waals surface area contributed by atoms with E-state index in [0.29, 0.717) is 25.9 Å². The van der Waals surface area contributed by atoms with Gasteiger partial charge in [-0.3, -0.25) is 4.79 Å². The van der Waals surface area contributed by atoms with Crippen LogP contribution in [0.4, 0.5) is 4.79 Å². The lowest BCUT2D eigenvalue weighted by molar-refractivity contribution is -0.147. The zero-order valence-electron chi connectivity index (χ0n) is 22.0. The highest BCUT2D eigenvalue weighted by molar-refractivity contribution is 6.74.